The number of hydrogen-bond acceptors (Lipinski definition) is 5. The molecule has 2 rings (SSSR count). The largest absolute Gasteiger partial charge is 0.468 e. The summed E-state index contributed by atoms with van der Waals surface area (Å²) in [6.07, 6.45) is 0.409. The van der Waals surface area contributed by atoms with Crippen LogP contribution in [0, 0.1) is 11.8 Å². The predicted molar refractivity (Wildman–Crippen MR) is 114 cm³/mol. The van der Waals surface area contributed by atoms with E-state index in [1.807, 2.05) is 6.92 Å². The second kappa shape index (κ2) is 10.6. The lowest BCUT2D eigenvalue weighted by atomic mass is 9.72. The summed E-state index contributed by atoms with van der Waals surface area (Å²) < 4.78 is 10.6. The summed E-state index contributed by atoms with van der Waals surface area (Å²) in [6, 6.07) is 13.7. The average Bonchev–Trinajstić information content (AvgIpc) is 2.73. The van der Waals surface area contributed by atoms with Gasteiger partial charge in [0.15, 0.2) is 11.7 Å². The van der Waals surface area contributed by atoms with E-state index in [0.717, 1.165) is 4.47 Å². The summed E-state index contributed by atoms with van der Waals surface area (Å²) in [7, 11) is 2.41. The maximum Gasteiger partial charge on any atom is 0.320 e. The van der Waals surface area contributed by atoms with Gasteiger partial charge in [0.05, 0.1) is 14.2 Å². The van der Waals surface area contributed by atoms with Gasteiger partial charge in [-0.25, -0.2) is 0 Å². The Balaban J connectivity index is 2.60. The van der Waals surface area contributed by atoms with Crippen LogP contribution in [0.1, 0.15) is 35.2 Å². The van der Waals surface area contributed by atoms with Crippen LogP contribution in [0.4, 0.5) is 0 Å². The zero-order valence-corrected chi connectivity index (χ0v) is 18.7. The van der Waals surface area contributed by atoms with Crippen molar-refractivity contribution in [2.45, 2.75) is 19.3 Å². The maximum atomic E-state index is 13.3. The Bertz CT molecular complexity index is 848. The fraction of sp³-hybridized carbons (Fsp3) is 0.318. The highest BCUT2D eigenvalue weighted by Gasteiger charge is 2.44. The van der Waals surface area contributed by atoms with Crippen LogP contribution in [-0.4, -0.2) is 31.9 Å². The second-order valence-corrected chi connectivity index (χ2v) is 7.84. The molecule has 0 fully saturated rings. The number of ketones is 1. The summed E-state index contributed by atoms with van der Waals surface area (Å²) in [5, 5.41) is 0.507. The zero-order chi connectivity index (χ0) is 21.6. The summed E-state index contributed by atoms with van der Waals surface area (Å²) in [5.74, 6) is -4.38. The number of rotatable bonds is 8. The Morgan fingerprint density at radius 1 is 0.931 bits per heavy atom. The topological polar surface area (TPSA) is 69.7 Å². The molecule has 0 aliphatic carbocycles. The molecule has 0 spiro atoms. The van der Waals surface area contributed by atoms with Crippen LogP contribution in [0.2, 0.25) is 5.02 Å². The molecule has 29 heavy (non-hydrogen) atoms. The van der Waals surface area contributed by atoms with Crippen molar-refractivity contribution in [2.75, 3.05) is 14.2 Å². The standard InChI is InChI=1S/C22H22BrClO5/c1-4-17(20(25)14-5-9-15(23)10-6-14)18(13-7-11-16(24)12-8-13)19(21(26)28-2)22(27)29-3/h5-12,17-19H,4H2,1-3H3. The molecule has 0 amide bonds. The van der Waals surface area contributed by atoms with Gasteiger partial charge in [-0.15, -0.1) is 0 Å². The van der Waals surface area contributed by atoms with E-state index in [0.29, 0.717) is 22.6 Å². The van der Waals surface area contributed by atoms with Gasteiger partial charge in [-0.2, -0.15) is 0 Å². The Hall–Kier alpha value is -2.18. The predicted octanol–water partition coefficient (Wildman–Crippen LogP) is 5.06. The lowest BCUT2D eigenvalue weighted by Gasteiger charge is -2.30. The molecule has 7 heteroatoms. The molecular formula is C22H22BrClO5. The fourth-order valence-electron chi connectivity index (χ4n) is 3.42. The van der Waals surface area contributed by atoms with Crippen LogP contribution in [0.25, 0.3) is 0 Å². The minimum absolute atomic E-state index is 0.169. The van der Waals surface area contributed by atoms with Gasteiger partial charge in [0.25, 0.3) is 0 Å². The van der Waals surface area contributed by atoms with Crippen molar-refractivity contribution in [3.8, 4) is 0 Å². The van der Waals surface area contributed by atoms with Crippen LogP contribution in [-0.2, 0) is 19.1 Å². The molecule has 2 atom stereocenters. The summed E-state index contributed by atoms with van der Waals surface area (Å²) in [4.78, 5) is 38.5. The number of carbonyl (C=O) groups is 3. The minimum Gasteiger partial charge on any atom is -0.468 e. The molecule has 0 bridgehead atoms. The molecule has 0 N–H and O–H groups in total. The number of hydrogen-bond donors (Lipinski definition) is 0. The zero-order valence-electron chi connectivity index (χ0n) is 16.4. The van der Waals surface area contributed by atoms with Crippen molar-refractivity contribution in [3.05, 3.63) is 69.2 Å². The van der Waals surface area contributed by atoms with E-state index in [4.69, 9.17) is 21.1 Å². The Morgan fingerprint density at radius 2 is 1.45 bits per heavy atom. The van der Waals surface area contributed by atoms with Crippen molar-refractivity contribution < 1.29 is 23.9 Å². The monoisotopic (exact) mass is 480 g/mol. The van der Waals surface area contributed by atoms with Gasteiger partial charge < -0.3 is 9.47 Å². The third-order valence-corrected chi connectivity index (χ3v) is 5.64. The molecule has 2 aromatic carbocycles. The molecule has 0 aliphatic rings. The SMILES string of the molecule is CCC(C(=O)c1ccc(Br)cc1)C(c1ccc(Cl)cc1)C(C(=O)OC)C(=O)OC. The van der Waals surface area contributed by atoms with Crippen LogP contribution in [0.3, 0.4) is 0 Å². The van der Waals surface area contributed by atoms with Crippen LogP contribution in [0.5, 0.6) is 0 Å². The number of methoxy groups -OCH3 is 2. The van der Waals surface area contributed by atoms with Gasteiger partial charge in [-0.3, -0.25) is 14.4 Å². The van der Waals surface area contributed by atoms with Gasteiger partial charge in [-0.05, 0) is 36.2 Å². The normalized spacial score (nSPS) is 12.9. The third-order valence-electron chi connectivity index (χ3n) is 4.86. The van der Waals surface area contributed by atoms with E-state index < -0.39 is 29.7 Å². The molecule has 0 aliphatic heterocycles. The Kier molecular flexibility index (Phi) is 8.41. The van der Waals surface area contributed by atoms with Crippen LogP contribution < -0.4 is 0 Å². The van der Waals surface area contributed by atoms with Crippen molar-refractivity contribution >= 4 is 45.3 Å². The van der Waals surface area contributed by atoms with E-state index in [-0.39, 0.29) is 5.78 Å². The van der Waals surface area contributed by atoms with Crippen molar-refractivity contribution in [2.24, 2.45) is 11.8 Å². The number of benzene rings is 2. The fourth-order valence-corrected chi connectivity index (χ4v) is 3.81. The van der Waals surface area contributed by atoms with E-state index in [2.05, 4.69) is 15.9 Å². The van der Waals surface area contributed by atoms with Gasteiger partial charge in [-0.1, -0.05) is 58.7 Å². The average molecular weight is 482 g/mol. The second-order valence-electron chi connectivity index (χ2n) is 6.49. The van der Waals surface area contributed by atoms with Crippen molar-refractivity contribution in [1.82, 2.24) is 0 Å². The van der Waals surface area contributed by atoms with Gasteiger partial charge in [0.2, 0.25) is 0 Å². The molecule has 154 valence electrons. The molecule has 0 radical (unpaired) electrons. The number of esters is 2. The number of ether oxygens (including phenoxy) is 2. The highest BCUT2D eigenvalue weighted by molar-refractivity contribution is 9.10. The number of halogens is 2. The lowest BCUT2D eigenvalue weighted by Crippen LogP contribution is -2.38. The van der Waals surface area contributed by atoms with Crippen LogP contribution in [0.15, 0.2) is 53.0 Å². The highest BCUT2D eigenvalue weighted by Crippen LogP contribution is 2.38. The molecule has 0 heterocycles. The van der Waals surface area contributed by atoms with Crippen molar-refractivity contribution in [3.63, 3.8) is 0 Å². The highest BCUT2D eigenvalue weighted by atomic mass is 79.9. The first-order chi connectivity index (χ1) is 13.8. The first kappa shape index (κ1) is 23.1. The van der Waals surface area contributed by atoms with Gasteiger partial charge in [0.1, 0.15) is 0 Å². The molecule has 2 unspecified atom stereocenters. The van der Waals surface area contributed by atoms with E-state index in [1.54, 1.807) is 48.5 Å². The van der Waals surface area contributed by atoms with E-state index in [1.165, 1.54) is 14.2 Å². The summed E-state index contributed by atoms with van der Waals surface area (Å²) in [6.45, 7) is 1.84. The summed E-state index contributed by atoms with van der Waals surface area (Å²) in [5.41, 5.74) is 1.13. The van der Waals surface area contributed by atoms with Gasteiger partial charge in [0, 0.05) is 26.9 Å². The van der Waals surface area contributed by atoms with Crippen molar-refractivity contribution in [1.29, 1.82) is 0 Å². The molecule has 2 aromatic rings. The first-order valence-corrected chi connectivity index (χ1v) is 10.2. The Morgan fingerprint density at radius 3 is 1.90 bits per heavy atom. The molecule has 0 aromatic heterocycles. The Labute approximate surface area is 183 Å². The molecule has 5 nitrogen and oxygen atoms in total. The first-order valence-electron chi connectivity index (χ1n) is 9.04. The minimum atomic E-state index is -1.28. The summed E-state index contributed by atoms with van der Waals surface area (Å²) >= 11 is 9.36. The van der Waals surface area contributed by atoms with E-state index in [9.17, 15) is 14.4 Å². The van der Waals surface area contributed by atoms with Gasteiger partial charge >= 0.3 is 11.9 Å². The molecular weight excluding hydrogens is 460 g/mol. The quantitative estimate of drug-likeness (QED) is 0.299. The van der Waals surface area contributed by atoms with Crippen LogP contribution >= 0.6 is 27.5 Å². The number of carbonyl (C=O) groups excluding carboxylic acids is 3. The third kappa shape index (κ3) is 5.46. The maximum absolute atomic E-state index is 13.3. The molecule has 0 saturated heterocycles. The lowest BCUT2D eigenvalue weighted by molar-refractivity contribution is -0.160. The number of Topliss-reactive ketones (excluding diaryl/α,β-unsaturated/α-hetero) is 1. The molecule has 0 saturated carbocycles. The van der Waals surface area contributed by atoms with E-state index >= 15 is 0 Å². The smallest absolute Gasteiger partial charge is 0.320 e.